The van der Waals surface area contributed by atoms with Crippen molar-refractivity contribution in [3.63, 3.8) is 0 Å². The molecule has 4 nitrogen and oxygen atoms in total. The summed E-state index contributed by atoms with van der Waals surface area (Å²) in [6, 6.07) is 0. The van der Waals surface area contributed by atoms with Crippen LogP contribution in [-0.2, 0) is 4.79 Å². The van der Waals surface area contributed by atoms with Crippen molar-refractivity contribution in [2.45, 2.75) is 32.2 Å². The summed E-state index contributed by atoms with van der Waals surface area (Å²) in [5.41, 5.74) is -0.292. The van der Waals surface area contributed by atoms with Crippen LogP contribution in [0.4, 0.5) is 5.13 Å². The van der Waals surface area contributed by atoms with Crippen molar-refractivity contribution in [1.29, 1.82) is 0 Å². The molecule has 0 aliphatic carbocycles. The number of hydrogen-bond donors (Lipinski definition) is 2. The predicted octanol–water partition coefficient (Wildman–Crippen LogP) is 2.85. The fourth-order valence-corrected chi connectivity index (χ4v) is 2.10. The van der Waals surface area contributed by atoms with Crippen molar-refractivity contribution < 1.29 is 9.90 Å². The number of anilines is 1. The van der Waals surface area contributed by atoms with Crippen LogP contribution in [0, 0.1) is 0 Å². The van der Waals surface area contributed by atoms with Crippen LogP contribution in [0.2, 0.25) is 5.15 Å². The Bertz CT molecular complexity index is 352. The number of carboxylic acids is 1. The molecule has 1 rings (SSSR count). The van der Waals surface area contributed by atoms with E-state index in [0.717, 1.165) is 5.13 Å². The summed E-state index contributed by atoms with van der Waals surface area (Å²) < 4.78 is 0. The summed E-state index contributed by atoms with van der Waals surface area (Å²) in [5, 5.41) is 14.6. The highest BCUT2D eigenvalue weighted by Crippen LogP contribution is 2.24. The molecule has 0 unspecified atom stereocenters. The highest BCUT2D eigenvalue weighted by molar-refractivity contribution is 7.14. The van der Waals surface area contributed by atoms with E-state index in [4.69, 9.17) is 16.7 Å². The molecule has 0 atom stereocenters. The van der Waals surface area contributed by atoms with E-state index in [0.29, 0.717) is 11.6 Å². The first-order valence-corrected chi connectivity index (χ1v) is 5.76. The highest BCUT2D eigenvalue weighted by Gasteiger charge is 2.19. The zero-order valence-electron chi connectivity index (χ0n) is 8.58. The standard InChI is InChI=1S/C9H13ClN2O2S/c1-9(2,4-3-7(13)14)12-8-11-6(10)5-15-8/h5H,3-4H2,1-2H3,(H,11,12)(H,13,14). The van der Waals surface area contributed by atoms with Gasteiger partial charge in [0, 0.05) is 17.3 Å². The molecule has 0 radical (unpaired) electrons. The van der Waals surface area contributed by atoms with Gasteiger partial charge in [0.05, 0.1) is 0 Å². The third-order valence-electron chi connectivity index (χ3n) is 1.89. The summed E-state index contributed by atoms with van der Waals surface area (Å²) in [7, 11) is 0. The lowest BCUT2D eigenvalue weighted by Crippen LogP contribution is -2.31. The molecule has 0 saturated heterocycles. The maximum atomic E-state index is 10.4. The first kappa shape index (κ1) is 12.3. The monoisotopic (exact) mass is 248 g/mol. The van der Waals surface area contributed by atoms with E-state index < -0.39 is 5.97 Å². The van der Waals surface area contributed by atoms with Crippen LogP contribution in [0.3, 0.4) is 0 Å². The summed E-state index contributed by atoms with van der Waals surface area (Å²) in [4.78, 5) is 14.5. The number of aliphatic carboxylic acids is 1. The van der Waals surface area contributed by atoms with Gasteiger partial charge in [-0.15, -0.1) is 11.3 Å². The quantitative estimate of drug-likeness (QED) is 0.841. The Morgan fingerprint density at radius 3 is 2.87 bits per heavy atom. The average Bonchev–Trinajstić information content (AvgIpc) is 2.47. The first-order chi connectivity index (χ1) is 6.89. The minimum Gasteiger partial charge on any atom is -0.481 e. The van der Waals surface area contributed by atoms with E-state index in [9.17, 15) is 4.79 Å². The molecule has 0 aliphatic heterocycles. The summed E-state index contributed by atoms with van der Waals surface area (Å²) in [6.45, 7) is 3.87. The molecular formula is C9H13ClN2O2S. The number of nitrogens with zero attached hydrogens (tertiary/aromatic N) is 1. The van der Waals surface area contributed by atoms with Gasteiger partial charge in [-0.25, -0.2) is 4.98 Å². The van der Waals surface area contributed by atoms with Gasteiger partial charge >= 0.3 is 5.97 Å². The Labute approximate surface area is 97.3 Å². The molecule has 1 aromatic rings. The molecule has 0 aliphatic rings. The van der Waals surface area contributed by atoms with Crippen molar-refractivity contribution >= 4 is 34.0 Å². The van der Waals surface area contributed by atoms with Gasteiger partial charge in [-0.2, -0.15) is 0 Å². The SMILES string of the molecule is CC(C)(CCC(=O)O)Nc1nc(Cl)cs1. The van der Waals surface area contributed by atoms with Crippen LogP contribution in [0.15, 0.2) is 5.38 Å². The lowest BCUT2D eigenvalue weighted by atomic mass is 9.99. The first-order valence-electron chi connectivity index (χ1n) is 4.50. The third kappa shape index (κ3) is 4.48. The molecule has 0 saturated carbocycles. The molecule has 0 bridgehead atoms. The lowest BCUT2D eigenvalue weighted by Gasteiger charge is -2.25. The van der Waals surface area contributed by atoms with Crippen LogP contribution >= 0.6 is 22.9 Å². The number of carboxylic acid groups (broad SMARTS) is 1. The second kappa shape index (κ2) is 4.81. The Kier molecular flexibility index (Phi) is 3.93. The molecule has 15 heavy (non-hydrogen) atoms. The van der Waals surface area contributed by atoms with E-state index in [1.807, 2.05) is 13.8 Å². The van der Waals surface area contributed by atoms with Crippen LogP contribution in [0.1, 0.15) is 26.7 Å². The van der Waals surface area contributed by atoms with Gasteiger partial charge in [-0.3, -0.25) is 4.79 Å². The fourth-order valence-electron chi connectivity index (χ4n) is 1.08. The van der Waals surface area contributed by atoms with Crippen molar-refractivity contribution in [1.82, 2.24) is 4.98 Å². The number of hydrogen-bond acceptors (Lipinski definition) is 4. The zero-order valence-corrected chi connectivity index (χ0v) is 10.2. The number of carbonyl (C=O) groups is 1. The molecule has 0 spiro atoms. The van der Waals surface area contributed by atoms with Crippen LogP contribution < -0.4 is 5.32 Å². The van der Waals surface area contributed by atoms with Crippen molar-refractivity contribution in [3.8, 4) is 0 Å². The van der Waals surface area contributed by atoms with E-state index in [1.165, 1.54) is 11.3 Å². The third-order valence-corrected chi connectivity index (χ3v) is 2.97. The Balaban J connectivity index is 2.52. The Morgan fingerprint density at radius 1 is 1.73 bits per heavy atom. The number of aromatic nitrogens is 1. The molecule has 1 aromatic heterocycles. The summed E-state index contributed by atoms with van der Waals surface area (Å²) in [6.07, 6.45) is 0.679. The maximum absolute atomic E-state index is 10.4. The van der Waals surface area contributed by atoms with Gasteiger partial charge in [0.1, 0.15) is 5.15 Å². The smallest absolute Gasteiger partial charge is 0.303 e. The molecule has 84 valence electrons. The van der Waals surface area contributed by atoms with E-state index >= 15 is 0 Å². The van der Waals surface area contributed by atoms with Gasteiger partial charge in [0.25, 0.3) is 0 Å². The Morgan fingerprint density at radius 2 is 2.40 bits per heavy atom. The maximum Gasteiger partial charge on any atom is 0.303 e. The number of nitrogens with one attached hydrogen (secondary N) is 1. The number of halogens is 1. The summed E-state index contributed by atoms with van der Waals surface area (Å²) in [5.74, 6) is -0.790. The fraction of sp³-hybridized carbons (Fsp3) is 0.556. The van der Waals surface area contributed by atoms with Crippen LogP contribution in [0.5, 0.6) is 0 Å². The molecule has 0 fully saturated rings. The minimum absolute atomic E-state index is 0.138. The molecular weight excluding hydrogens is 236 g/mol. The topological polar surface area (TPSA) is 62.2 Å². The molecule has 1 heterocycles. The molecule has 2 N–H and O–H groups in total. The van der Waals surface area contributed by atoms with Gasteiger partial charge in [-0.1, -0.05) is 11.6 Å². The van der Waals surface area contributed by atoms with Crippen molar-refractivity contribution in [2.75, 3.05) is 5.32 Å². The number of rotatable bonds is 5. The Hall–Kier alpha value is -0.810. The molecule has 6 heteroatoms. The summed E-state index contributed by atoms with van der Waals surface area (Å²) >= 11 is 7.09. The van der Waals surface area contributed by atoms with Gasteiger partial charge in [0.15, 0.2) is 5.13 Å². The largest absolute Gasteiger partial charge is 0.481 e. The van der Waals surface area contributed by atoms with Gasteiger partial charge in [-0.05, 0) is 20.3 Å². The van der Waals surface area contributed by atoms with Crippen LogP contribution in [-0.4, -0.2) is 21.6 Å². The highest BCUT2D eigenvalue weighted by atomic mass is 35.5. The average molecular weight is 249 g/mol. The second-order valence-electron chi connectivity index (χ2n) is 3.88. The molecule has 0 aromatic carbocycles. The van der Waals surface area contributed by atoms with Crippen molar-refractivity contribution in [2.24, 2.45) is 0 Å². The van der Waals surface area contributed by atoms with Gasteiger partial charge < -0.3 is 10.4 Å². The zero-order chi connectivity index (χ0) is 11.5. The van der Waals surface area contributed by atoms with Crippen molar-refractivity contribution in [3.05, 3.63) is 10.5 Å². The number of thiazole rings is 1. The second-order valence-corrected chi connectivity index (χ2v) is 5.12. The van der Waals surface area contributed by atoms with Gasteiger partial charge in [0.2, 0.25) is 0 Å². The van der Waals surface area contributed by atoms with Crippen LogP contribution in [0.25, 0.3) is 0 Å². The minimum atomic E-state index is -0.790. The van der Waals surface area contributed by atoms with E-state index in [2.05, 4.69) is 10.3 Å². The molecule has 0 amide bonds. The van der Waals surface area contributed by atoms with E-state index in [1.54, 1.807) is 5.38 Å². The lowest BCUT2D eigenvalue weighted by molar-refractivity contribution is -0.137. The normalized spacial score (nSPS) is 11.4. The predicted molar refractivity (Wildman–Crippen MR) is 61.7 cm³/mol. The van der Waals surface area contributed by atoms with E-state index in [-0.39, 0.29) is 12.0 Å².